The van der Waals surface area contributed by atoms with E-state index in [-0.39, 0.29) is 11.4 Å². The Labute approximate surface area is 121 Å². The van der Waals surface area contributed by atoms with Crippen LogP contribution in [0.2, 0.25) is 0 Å². The van der Waals surface area contributed by atoms with Crippen molar-refractivity contribution in [3.05, 3.63) is 29.6 Å². The van der Waals surface area contributed by atoms with Crippen molar-refractivity contribution in [3.63, 3.8) is 0 Å². The van der Waals surface area contributed by atoms with E-state index in [4.69, 9.17) is 0 Å². The van der Waals surface area contributed by atoms with Crippen LogP contribution in [0.1, 0.15) is 46.6 Å². The Morgan fingerprint density at radius 3 is 2.58 bits per heavy atom. The van der Waals surface area contributed by atoms with E-state index in [2.05, 4.69) is 39.9 Å². The quantitative estimate of drug-likeness (QED) is 0.749. The van der Waals surface area contributed by atoms with E-state index in [0.717, 1.165) is 22.6 Å². The first-order valence-corrected chi connectivity index (χ1v) is 7.97. The lowest BCUT2D eigenvalue weighted by atomic mass is 10.1. The van der Waals surface area contributed by atoms with Gasteiger partial charge in [-0.05, 0) is 38.8 Å². The van der Waals surface area contributed by atoms with E-state index < -0.39 is 0 Å². The molecule has 19 heavy (non-hydrogen) atoms. The van der Waals surface area contributed by atoms with Gasteiger partial charge in [0.2, 0.25) is 0 Å². The van der Waals surface area contributed by atoms with Gasteiger partial charge in [0.25, 0.3) is 0 Å². The van der Waals surface area contributed by atoms with Crippen molar-refractivity contribution in [1.29, 1.82) is 0 Å². The Balaban J connectivity index is 2.77. The monoisotopic (exact) mass is 283 g/mol. The molecule has 1 aromatic rings. The maximum Gasteiger partial charge on any atom is 0.128 e. The summed E-state index contributed by atoms with van der Waals surface area (Å²) in [6.07, 6.45) is 1.16. The smallest absolute Gasteiger partial charge is 0.128 e. The molecule has 0 aliphatic carbocycles. The average Bonchev–Trinajstić information content (AvgIpc) is 2.33. The normalized spacial score (nSPS) is 13.6. The van der Waals surface area contributed by atoms with E-state index >= 15 is 0 Å². The molecule has 1 aromatic carbocycles. The molecule has 1 atom stereocenters. The van der Waals surface area contributed by atoms with Crippen molar-refractivity contribution in [2.75, 3.05) is 5.75 Å². The molecule has 0 aliphatic rings. The average molecular weight is 283 g/mol. The van der Waals surface area contributed by atoms with Gasteiger partial charge in [-0.2, -0.15) is 0 Å². The third-order valence-electron chi connectivity index (χ3n) is 3.09. The van der Waals surface area contributed by atoms with Gasteiger partial charge in [0.1, 0.15) is 5.82 Å². The highest BCUT2D eigenvalue weighted by atomic mass is 32.2. The number of nitrogens with one attached hydrogen (secondary N) is 1. The van der Waals surface area contributed by atoms with Crippen molar-refractivity contribution >= 4 is 11.8 Å². The highest BCUT2D eigenvalue weighted by Crippen LogP contribution is 2.27. The van der Waals surface area contributed by atoms with Crippen molar-refractivity contribution in [2.24, 2.45) is 5.92 Å². The predicted octanol–water partition coefficient (Wildman–Crippen LogP) is 4.85. The third kappa shape index (κ3) is 5.96. The Bertz CT molecular complexity index is 398. The van der Waals surface area contributed by atoms with Crippen molar-refractivity contribution < 1.29 is 4.39 Å². The minimum absolute atomic E-state index is 0.000921. The first kappa shape index (κ1) is 16.5. The van der Waals surface area contributed by atoms with Gasteiger partial charge in [-0.15, -0.1) is 11.8 Å². The Hall–Kier alpha value is -0.540. The molecule has 1 N–H and O–H groups in total. The van der Waals surface area contributed by atoms with Crippen molar-refractivity contribution in [3.8, 4) is 0 Å². The van der Waals surface area contributed by atoms with Crippen LogP contribution in [0.25, 0.3) is 0 Å². The number of benzene rings is 1. The number of hydrogen-bond acceptors (Lipinski definition) is 2. The largest absolute Gasteiger partial charge is 0.308 e. The summed E-state index contributed by atoms with van der Waals surface area (Å²) in [7, 11) is 0. The van der Waals surface area contributed by atoms with Gasteiger partial charge in [-0.25, -0.2) is 4.39 Å². The SMILES string of the molecule is CCC(C)CSc1cccc(F)c1CNC(C)(C)C. The molecule has 0 spiro atoms. The van der Waals surface area contributed by atoms with Crippen molar-refractivity contribution in [2.45, 2.75) is 58.0 Å². The lowest BCUT2D eigenvalue weighted by molar-refractivity contribution is 0.416. The van der Waals surface area contributed by atoms with Gasteiger partial charge < -0.3 is 5.32 Å². The van der Waals surface area contributed by atoms with Gasteiger partial charge >= 0.3 is 0 Å². The molecular formula is C16H26FNS. The van der Waals surface area contributed by atoms with E-state index in [1.807, 2.05) is 6.07 Å². The highest BCUT2D eigenvalue weighted by Gasteiger charge is 2.14. The fourth-order valence-electron chi connectivity index (χ4n) is 1.55. The predicted molar refractivity (Wildman–Crippen MR) is 83.2 cm³/mol. The molecule has 108 valence electrons. The molecule has 0 aliphatic heterocycles. The molecule has 0 amide bonds. The zero-order valence-electron chi connectivity index (χ0n) is 12.7. The summed E-state index contributed by atoms with van der Waals surface area (Å²) in [5.41, 5.74) is 0.798. The zero-order chi connectivity index (χ0) is 14.5. The summed E-state index contributed by atoms with van der Waals surface area (Å²) in [6.45, 7) is 11.3. The van der Waals surface area contributed by atoms with Crippen molar-refractivity contribution in [1.82, 2.24) is 5.32 Å². The van der Waals surface area contributed by atoms with E-state index in [9.17, 15) is 4.39 Å². The van der Waals surface area contributed by atoms with Crippen LogP contribution in [0, 0.1) is 11.7 Å². The maximum atomic E-state index is 14.0. The highest BCUT2D eigenvalue weighted by molar-refractivity contribution is 7.99. The molecule has 1 nitrogen and oxygen atoms in total. The first-order chi connectivity index (χ1) is 8.83. The lowest BCUT2D eigenvalue weighted by Crippen LogP contribution is -2.35. The fraction of sp³-hybridized carbons (Fsp3) is 0.625. The Kier molecular flexibility index (Phi) is 6.34. The zero-order valence-corrected chi connectivity index (χ0v) is 13.5. The summed E-state index contributed by atoms with van der Waals surface area (Å²) in [5.74, 6) is 1.60. The summed E-state index contributed by atoms with van der Waals surface area (Å²) < 4.78 is 14.0. The van der Waals surface area contributed by atoms with Gasteiger partial charge in [-0.3, -0.25) is 0 Å². The van der Waals surface area contributed by atoms with Gasteiger partial charge in [-0.1, -0.05) is 26.3 Å². The van der Waals surface area contributed by atoms with Crippen LogP contribution in [-0.4, -0.2) is 11.3 Å². The summed E-state index contributed by atoms with van der Waals surface area (Å²) in [4.78, 5) is 1.07. The van der Waals surface area contributed by atoms with Crippen LogP contribution in [0.5, 0.6) is 0 Å². The second-order valence-electron chi connectivity index (χ2n) is 6.14. The third-order valence-corrected chi connectivity index (χ3v) is 4.52. The van der Waals surface area contributed by atoms with Gasteiger partial charge in [0, 0.05) is 28.3 Å². The Morgan fingerprint density at radius 2 is 2.00 bits per heavy atom. The summed E-state index contributed by atoms with van der Waals surface area (Å²) >= 11 is 1.76. The summed E-state index contributed by atoms with van der Waals surface area (Å²) in [5, 5.41) is 3.37. The molecule has 1 unspecified atom stereocenters. The molecule has 0 bridgehead atoms. The minimum atomic E-state index is -0.106. The molecule has 0 aromatic heterocycles. The standard InChI is InChI=1S/C16H26FNS/c1-6-12(2)11-19-15-9-7-8-14(17)13(15)10-18-16(3,4)5/h7-9,12,18H,6,10-11H2,1-5H3. The maximum absolute atomic E-state index is 14.0. The molecule has 0 heterocycles. The van der Waals surface area contributed by atoms with Crippen LogP contribution in [-0.2, 0) is 6.54 Å². The number of halogens is 1. The van der Waals surface area contributed by atoms with Gasteiger partial charge in [0.05, 0.1) is 0 Å². The number of thioether (sulfide) groups is 1. The van der Waals surface area contributed by atoms with Crippen LogP contribution in [0.4, 0.5) is 4.39 Å². The first-order valence-electron chi connectivity index (χ1n) is 6.98. The molecule has 3 heteroatoms. The molecule has 1 rings (SSSR count). The number of rotatable bonds is 6. The molecule has 0 saturated heterocycles. The molecular weight excluding hydrogens is 257 g/mol. The molecule has 0 fully saturated rings. The van der Waals surface area contributed by atoms with Crippen LogP contribution < -0.4 is 5.32 Å². The molecule has 0 radical (unpaired) electrons. The van der Waals surface area contributed by atoms with E-state index in [0.29, 0.717) is 12.5 Å². The van der Waals surface area contributed by atoms with Crippen LogP contribution in [0.3, 0.4) is 0 Å². The van der Waals surface area contributed by atoms with E-state index in [1.165, 1.54) is 0 Å². The van der Waals surface area contributed by atoms with Crippen LogP contribution >= 0.6 is 11.8 Å². The van der Waals surface area contributed by atoms with Gasteiger partial charge in [0.15, 0.2) is 0 Å². The second-order valence-corrected chi connectivity index (χ2v) is 7.21. The lowest BCUT2D eigenvalue weighted by Gasteiger charge is -2.22. The van der Waals surface area contributed by atoms with Crippen LogP contribution in [0.15, 0.2) is 23.1 Å². The molecule has 0 saturated carbocycles. The summed E-state index contributed by atoms with van der Waals surface area (Å²) in [6, 6.07) is 5.37. The fourth-order valence-corrected chi connectivity index (χ4v) is 2.77. The van der Waals surface area contributed by atoms with E-state index in [1.54, 1.807) is 23.9 Å². The minimum Gasteiger partial charge on any atom is -0.308 e. The second kappa shape index (κ2) is 7.30. The number of hydrogen-bond donors (Lipinski definition) is 1. The Morgan fingerprint density at radius 1 is 1.32 bits per heavy atom. The topological polar surface area (TPSA) is 12.0 Å².